The van der Waals surface area contributed by atoms with Gasteiger partial charge in [-0.15, -0.1) is 0 Å². The molecule has 0 saturated heterocycles. The van der Waals surface area contributed by atoms with Gasteiger partial charge in [0.05, 0.1) is 0 Å². The van der Waals surface area contributed by atoms with Crippen LogP contribution >= 0.6 is 12.2 Å². The predicted octanol–water partition coefficient (Wildman–Crippen LogP) is 3.63. The molecule has 1 N–H and O–H groups in total. The Balaban J connectivity index is 2.21. The van der Waals surface area contributed by atoms with Gasteiger partial charge in [0.15, 0.2) is 0 Å². The molecule has 0 atom stereocenters. The molecule has 2 nitrogen and oxygen atoms in total. The van der Waals surface area contributed by atoms with E-state index in [9.17, 15) is 0 Å². The molecule has 0 amide bonds. The van der Waals surface area contributed by atoms with E-state index in [1.165, 1.54) is 22.6 Å². The molecule has 0 saturated carbocycles. The topological polar surface area (TPSA) is 17.0 Å². The number of hydrogen-bond acceptors (Lipinski definition) is 1. The number of hydrogen-bond donors (Lipinski definition) is 1. The third-order valence-electron chi connectivity index (χ3n) is 3.92. The summed E-state index contributed by atoms with van der Waals surface area (Å²) in [6.07, 6.45) is 1.03. The first-order valence-corrected chi connectivity index (χ1v) is 7.44. The minimum absolute atomic E-state index is 0.201. The summed E-state index contributed by atoms with van der Waals surface area (Å²) in [5, 5.41) is 3.40. The summed E-state index contributed by atoms with van der Waals surface area (Å²) in [6, 6.07) is 12.7. The Morgan fingerprint density at radius 2 is 1.90 bits per heavy atom. The number of nitrogens with zero attached hydrogens (tertiary/aromatic N) is 1. The molecule has 3 rings (SSSR count). The molecule has 0 spiro atoms. The molecule has 0 unspecified atom stereocenters. The summed E-state index contributed by atoms with van der Waals surface area (Å²) in [7, 11) is 0. The smallest absolute Gasteiger partial charge is 0.108 e. The van der Waals surface area contributed by atoms with Gasteiger partial charge in [0.2, 0.25) is 0 Å². The standard InChI is InChI=1S/C17H20N2S/c1-12-9-14-15(10-17(2,3)11-18-16(14)20)19(12)13-7-5-4-6-8-13/h4-9H,10-11H2,1-3H3,(H,18,20). The molecule has 1 aromatic carbocycles. The van der Waals surface area contributed by atoms with Crippen molar-refractivity contribution >= 4 is 17.2 Å². The van der Waals surface area contributed by atoms with E-state index in [-0.39, 0.29) is 5.41 Å². The van der Waals surface area contributed by atoms with E-state index in [1.54, 1.807) is 0 Å². The highest BCUT2D eigenvalue weighted by Crippen LogP contribution is 2.31. The van der Waals surface area contributed by atoms with Crippen molar-refractivity contribution in [2.24, 2.45) is 5.41 Å². The summed E-state index contributed by atoms with van der Waals surface area (Å²) < 4.78 is 2.34. The maximum Gasteiger partial charge on any atom is 0.108 e. The average Bonchev–Trinajstić information content (AvgIpc) is 2.68. The molecule has 1 aliphatic rings. The first-order chi connectivity index (χ1) is 9.48. The lowest BCUT2D eigenvalue weighted by Crippen LogP contribution is -2.31. The van der Waals surface area contributed by atoms with E-state index in [0.29, 0.717) is 0 Å². The van der Waals surface area contributed by atoms with Crippen LogP contribution in [0.4, 0.5) is 0 Å². The molecule has 1 aromatic heterocycles. The van der Waals surface area contributed by atoms with Gasteiger partial charge in [-0.05, 0) is 37.0 Å². The summed E-state index contributed by atoms with van der Waals surface area (Å²) in [5.41, 5.74) is 5.17. The molecule has 20 heavy (non-hydrogen) atoms. The average molecular weight is 284 g/mol. The van der Waals surface area contributed by atoms with Crippen molar-refractivity contribution in [3.05, 3.63) is 53.3 Å². The zero-order valence-corrected chi connectivity index (χ0v) is 13.1. The quantitative estimate of drug-likeness (QED) is 0.805. The van der Waals surface area contributed by atoms with E-state index in [0.717, 1.165) is 18.0 Å². The number of para-hydroxylation sites is 1. The highest BCUT2D eigenvalue weighted by Gasteiger charge is 2.29. The van der Waals surface area contributed by atoms with Crippen molar-refractivity contribution < 1.29 is 0 Å². The fourth-order valence-electron chi connectivity index (χ4n) is 2.93. The van der Waals surface area contributed by atoms with Crippen molar-refractivity contribution in [1.29, 1.82) is 0 Å². The third kappa shape index (κ3) is 2.27. The Bertz CT molecular complexity index is 653. The molecule has 0 fully saturated rings. The van der Waals surface area contributed by atoms with Crippen molar-refractivity contribution in [3.8, 4) is 5.69 Å². The second-order valence-electron chi connectivity index (χ2n) is 6.34. The molecule has 2 aromatic rings. The lowest BCUT2D eigenvalue weighted by atomic mass is 9.88. The van der Waals surface area contributed by atoms with Crippen molar-refractivity contribution in [2.45, 2.75) is 27.2 Å². The van der Waals surface area contributed by atoms with Gasteiger partial charge in [0.25, 0.3) is 0 Å². The van der Waals surface area contributed by atoms with E-state index in [1.807, 2.05) is 0 Å². The van der Waals surface area contributed by atoms with Crippen LogP contribution in [-0.4, -0.2) is 16.1 Å². The molecule has 0 radical (unpaired) electrons. The summed E-state index contributed by atoms with van der Waals surface area (Å²) in [5.74, 6) is 0. The van der Waals surface area contributed by atoms with Gasteiger partial charge >= 0.3 is 0 Å². The van der Waals surface area contributed by atoms with Gasteiger partial charge in [0.1, 0.15) is 4.99 Å². The van der Waals surface area contributed by atoms with Crippen LogP contribution in [-0.2, 0) is 6.42 Å². The normalized spacial score (nSPS) is 17.2. The number of aryl methyl sites for hydroxylation is 1. The highest BCUT2D eigenvalue weighted by atomic mass is 32.1. The van der Waals surface area contributed by atoms with Gasteiger partial charge in [-0.25, -0.2) is 0 Å². The first kappa shape index (κ1) is 13.4. The van der Waals surface area contributed by atoms with E-state index >= 15 is 0 Å². The number of thiocarbonyl (C=S) groups is 1. The summed E-state index contributed by atoms with van der Waals surface area (Å²) >= 11 is 5.55. The number of fused-ring (bicyclic) bond motifs is 1. The lowest BCUT2D eigenvalue weighted by Gasteiger charge is -2.23. The van der Waals surface area contributed by atoms with E-state index in [2.05, 4.69) is 67.1 Å². The molecule has 1 aliphatic heterocycles. The van der Waals surface area contributed by atoms with Gasteiger partial charge < -0.3 is 9.88 Å². The number of benzene rings is 1. The summed E-state index contributed by atoms with van der Waals surface area (Å²) in [6.45, 7) is 7.65. The molecular formula is C17H20N2S. The minimum atomic E-state index is 0.201. The molecular weight excluding hydrogens is 264 g/mol. The van der Waals surface area contributed by atoms with Crippen LogP contribution in [0.1, 0.15) is 30.8 Å². The number of rotatable bonds is 1. The molecule has 3 heteroatoms. The van der Waals surface area contributed by atoms with Gasteiger partial charge in [0, 0.05) is 29.2 Å². The predicted molar refractivity (Wildman–Crippen MR) is 87.7 cm³/mol. The van der Waals surface area contributed by atoms with Crippen LogP contribution in [0.15, 0.2) is 36.4 Å². The fourth-order valence-corrected chi connectivity index (χ4v) is 3.18. The van der Waals surface area contributed by atoms with Crippen molar-refractivity contribution in [1.82, 2.24) is 9.88 Å². The van der Waals surface area contributed by atoms with Crippen molar-refractivity contribution in [2.75, 3.05) is 6.54 Å². The van der Waals surface area contributed by atoms with Gasteiger partial charge in [-0.1, -0.05) is 44.3 Å². The molecule has 2 heterocycles. The Labute approximate surface area is 125 Å². The first-order valence-electron chi connectivity index (χ1n) is 7.03. The minimum Gasteiger partial charge on any atom is -0.375 e. The van der Waals surface area contributed by atoms with Crippen LogP contribution in [0, 0.1) is 12.3 Å². The van der Waals surface area contributed by atoms with Crippen LogP contribution in [0.5, 0.6) is 0 Å². The maximum atomic E-state index is 5.55. The number of nitrogens with one attached hydrogen (secondary N) is 1. The zero-order chi connectivity index (χ0) is 14.3. The van der Waals surface area contributed by atoms with Crippen LogP contribution < -0.4 is 5.32 Å². The Kier molecular flexibility index (Phi) is 3.17. The molecule has 104 valence electrons. The zero-order valence-electron chi connectivity index (χ0n) is 12.2. The second kappa shape index (κ2) is 4.74. The second-order valence-corrected chi connectivity index (χ2v) is 6.75. The largest absolute Gasteiger partial charge is 0.375 e. The van der Waals surface area contributed by atoms with E-state index < -0.39 is 0 Å². The number of aromatic nitrogens is 1. The Morgan fingerprint density at radius 3 is 2.60 bits per heavy atom. The fraction of sp³-hybridized carbons (Fsp3) is 0.353. The van der Waals surface area contributed by atoms with Crippen molar-refractivity contribution in [3.63, 3.8) is 0 Å². The Hall–Kier alpha value is -1.61. The maximum absolute atomic E-state index is 5.55. The van der Waals surface area contributed by atoms with Gasteiger partial charge in [-0.2, -0.15) is 0 Å². The summed E-state index contributed by atoms with van der Waals surface area (Å²) in [4.78, 5) is 0.878. The third-order valence-corrected chi connectivity index (χ3v) is 4.28. The molecule has 0 aliphatic carbocycles. The van der Waals surface area contributed by atoms with Crippen LogP contribution in [0.3, 0.4) is 0 Å². The highest BCUT2D eigenvalue weighted by molar-refractivity contribution is 7.80. The SMILES string of the molecule is Cc1cc2c(n1-c1ccccc1)CC(C)(C)CNC2=S. The monoisotopic (exact) mass is 284 g/mol. The Morgan fingerprint density at radius 1 is 1.20 bits per heavy atom. The molecule has 0 bridgehead atoms. The van der Waals surface area contributed by atoms with Crippen LogP contribution in [0.25, 0.3) is 5.69 Å². The van der Waals surface area contributed by atoms with Crippen LogP contribution in [0.2, 0.25) is 0 Å². The van der Waals surface area contributed by atoms with Gasteiger partial charge in [-0.3, -0.25) is 0 Å². The lowest BCUT2D eigenvalue weighted by molar-refractivity contribution is 0.360. The van der Waals surface area contributed by atoms with E-state index in [4.69, 9.17) is 12.2 Å².